The van der Waals surface area contributed by atoms with Gasteiger partial charge < -0.3 is 14.6 Å². The molecular formula is C16H15Cl2NaO6. The molecule has 0 aliphatic rings. The first-order chi connectivity index (χ1) is 11.2. The second-order valence-corrected chi connectivity index (χ2v) is 5.84. The molecular weight excluding hydrogens is 382 g/mol. The molecule has 130 valence electrons. The molecule has 0 spiro atoms. The second kappa shape index (κ2) is 10.9. The first kappa shape index (κ1) is 24.1. The van der Waals surface area contributed by atoms with Gasteiger partial charge in [0.1, 0.15) is 11.7 Å². The number of ketones is 2. The van der Waals surface area contributed by atoms with Gasteiger partial charge >= 0.3 is 35.5 Å². The molecule has 6 nitrogen and oxygen atoms in total. The predicted molar refractivity (Wildman–Crippen MR) is 84.7 cm³/mol. The summed E-state index contributed by atoms with van der Waals surface area (Å²) in [6, 6.07) is 4.04. The first-order valence-corrected chi connectivity index (χ1v) is 7.80. The van der Waals surface area contributed by atoms with Crippen LogP contribution in [0.15, 0.2) is 18.2 Å². The van der Waals surface area contributed by atoms with Crippen LogP contribution in [-0.4, -0.2) is 30.1 Å². The topological polar surface area (TPSA) is 101 Å². The van der Waals surface area contributed by atoms with Crippen molar-refractivity contribution in [3.8, 4) is 0 Å². The number of benzene rings is 1. The van der Waals surface area contributed by atoms with Crippen molar-refractivity contribution in [2.45, 2.75) is 20.3 Å². The summed E-state index contributed by atoms with van der Waals surface area (Å²) in [4.78, 5) is 47.2. The number of rotatable bonds is 8. The zero-order valence-electron chi connectivity index (χ0n) is 14.0. The van der Waals surface area contributed by atoms with Crippen molar-refractivity contribution in [2.75, 3.05) is 6.61 Å². The summed E-state index contributed by atoms with van der Waals surface area (Å²) in [5.41, 5.74) is 0.113. The Bertz CT molecular complexity index is 677. The van der Waals surface area contributed by atoms with Crippen molar-refractivity contribution < 1.29 is 58.6 Å². The van der Waals surface area contributed by atoms with Crippen LogP contribution in [0.1, 0.15) is 30.6 Å². The summed E-state index contributed by atoms with van der Waals surface area (Å²) in [7, 11) is 0. The van der Waals surface area contributed by atoms with Crippen molar-refractivity contribution in [1.82, 2.24) is 0 Å². The molecule has 1 aromatic carbocycles. The summed E-state index contributed by atoms with van der Waals surface area (Å²) in [6.07, 6.45) is -0.608. The van der Waals surface area contributed by atoms with Crippen molar-refractivity contribution in [2.24, 2.45) is 11.8 Å². The fourth-order valence-corrected chi connectivity index (χ4v) is 2.47. The van der Waals surface area contributed by atoms with Crippen LogP contribution in [0.25, 0.3) is 0 Å². The monoisotopic (exact) mass is 396 g/mol. The zero-order valence-corrected chi connectivity index (χ0v) is 17.5. The Morgan fingerprint density at radius 2 is 1.76 bits per heavy atom. The normalized spacial score (nSPS) is 12.5. The number of carbonyl (C=O) groups is 4. The number of halogens is 2. The van der Waals surface area contributed by atoms with E-state index in [-0.39, 0.29) is 51.8 Å². The summed E-state index contributed by atoms with van der Waals surface area (Å²) >= 11 is 11.6. The molecule has 0 saturated heterocycles. The third-order valence-corrected chi connectivity index (χ3v) is 4.07. The maximum absolute atomic E-state index is 12.3. The molecule has 2 unspecified atom stereocenters. The van der Waals surface area contributed by atoms with Crippen LogP contribution in [0, 0.1) is 11.8 Å². The van der Waals surface area contributed by atoms with E-state index in [0.29, 0.717) is 0 Å². The molecule has 1 rings (SSSR count). The molecule has 1 aromatic rings. The van der Waals surface area contributed by atoms with E-state index in [2.05, 4.69) is 0 Å². The summed E-state index contributed by atoms with van der Waals surface area (Å²) in [5, 5.41) is 11.7. The first-order valence-electron chi connectivity index (χ1n) is 7.05. The number of hydrogen-bond acceptors (Lipinski definition) is 6. The minimum Gasteiger partial charge on any atom is -0.550 e. The molecule has 0 aromatic heterocycles. The molecule has 0 saturated carbocycles. The maximum atomic E-state index is 12.3. The molecule has 25 heavy (non-hydrogen) atoms. The SMILES string of the molecule is CCOC(=O)C(C(C)=O)C(CC(=O)c1ccc(Cl)c(Cl)c1)C(=O)[O-].[Na+]. The Balaban J connectivity index is 0.00000576. The van der Waals surface area contributed by atoms with Gasteiger partial charge in [0.25, 0.3) is 0 Å². The van der Waals surface area contributed by atoms with Crippen LogP contribution >= 0.6 is 23.2 Å². The fraction of sp³-hybridized carbons (Fsp3) is 0.375. The molecule has 0 radical (unpaired) electrons. The number of esters is 1. The van der Waals surface area contributed by atoms with Gasteiger partial charge in [-0.2, -0.15) is 0 Å². The molecule has 2 atom stereocenters. The molecule has 0 heterocycles. The van der Waals surface area contributed by atoms with Crippen LogP contribution < -0.4 is 34.7 Å². The van der Waals surface area contributed by atoms with Crippen LogP contribution in [-0.2, 0) is 19.1 Å². The standard InChI is InChI=1S/C16H16Cl2O6.Na/c1-3-24-16(23)14(8(2)19)10(15(21)22)7-13(20)9-4-5-11(17)12(18)6-9;/h4-6,10,14H,3,7H2,1-2H3,(H,21,22);/q;+1/p-1. The Kier molecular flexibility index (Phi) is 10.5. The number of Topliss-reactive ketones (excluding diaryl/α,β-unsaturated/α-hetero) is 2. The molecule has 0 aliphatic carbocycles. The smallest absolute Gasteiger partial charge is 0.550 e. The van der Waals surface area contributed by atoms with Gasteiger partial charge in [0.2, 0.25) is 0 Å². The second-order valence-electron chi connectivity index (χ2n) is 5.02. The van der Waals surface area contributed by atoms with Crippen LogP contribution in [0.2, 0.25) is 10.0 Å². The number of aliphatic carboxylic acids is 1. The number of carboxylic acid groups (broad SMARTS) is 1. The van der Waals surface area contributed by atoms with Gasteiger partial charge in [-0.05, 0) is 32.0 Å². The zero-order chi connectivity index (χ0) is 18.4. The molecule has 0 fully saturated rings. The minimum atomic E-state index is -1.68. The Morgan fingerprint density at radius 3 is 2.20 bits per heavy atom. The van der Waals surface area contributed by atoms with Crippen molar-refractivity contribution in [3.05, 3.63) is 33.8 Å². The van der Waals surface area contributed by atoms with E-state index in [4.69, 9.17) is 27.9 Å². The summed E-state index contributed by atoms with van der Waals surface area (Å²) < 4.78 is 4.72. The average molecular weight is 397 g/mol. The van der Waals surface area contributed by atoms with Crippen molar-refractivity contribution >= 4 is 46.7 Å². The van der Waals surface area contributed by atoms with Gasteiger partial charge in [-0.25, -0.2) is 0 Å². The molecule has 0 bridgehead atoms. The summed E-state index contributed by atoms with van der Waals surface area (Å²) in [5.74, 6) is -7.26. The largest absolute Gasteiger partial charge is 1.00 e. The minimum absolute atomic E-state index is 0. The van der Waals surface area contributed by atoms with Gasteiger partial charge in [0.15, 0.2) is 5.78 Å². The van der Waals surface area contributed by atoms with Crippen LogP contribution in [0.4, 0.5) is 0 Å². The number of carbonyl (C=O) groups excluding carboxylic acids is 4. The van der Waals surface area contributed by atoms with E-state index in [1.54, 1.807) is 0 Å². The van der Waals surface area contributed by atoms with Crippen molar-refractivity contribution in [1.29, 1.82) is 0 Å². The van der Waals surface area contributed by atoms with Crippen LogP contribution in [0.3, 0.4) is 0 Å². The Morgan fingerprint density at radius 1 is 1.16 bits per heavy atom. The van der Waals surface area contributed by atoms with E-state index in [1.165, 1.54) is 25.1 Å². The van der Waals surface area contributed by atoms with Gasteiger partial charge in [0, 0.05) is 23.9 Å². The van der Waals surface area contributed by atoms with Crippen LogP contribution in [0.5, 0.6) is 0 Å². The third-order valence-electron chi connectivity index (χ3n) is 3.33. The van der Waals surface area contributed by atoms with Gasteiger partial charge in [-0.15, -0.1) is 0 Å². The maximum Gasteiger partial charge on any atom is 1.00 e. The van der Waals surface area contributed by atoms with Gasteiger partial charge in [-0.3, -0.25) is 14.4 Å². The Hall–Kier alpha value is -0.920. The van der Waals surface area contributed by atoms with E-state index in [0.717, 1.165) is 6.92 Å². The third kappa shape index (κ3) is 6.72. The Labute approximate surface area is 177 Å². The van der Waals surface area contributed by atoms with Crippen molar-refractivity contribution in [3.63, 3.8) is 0 Å². The molecule has 0 amide bonds. The summed E-state index contributed by atoms with van der Waals surface area (Å²) in [6.45, 7) is 2.55. The molecule has 0 aliphatic heterocycles. The molecule has 0 N–H and O–H groups in total. The number of hydrogen-bond donors (Lipinski definition) is 0. The van der Waals surface area contributed by atoms with Gasteiger partial charge in [0.05, 0.1) is 16.7 Å². The molecule has 9 heteroatoms. The van der Waals surface area contributed by atoms with E-state index >= 15 is 0 Å². The number of ether oxygens (including phenoxy) is 1. The van der Waals surface area contributed by atoms with E-state index in [1.807, 2.05) is 0 Å². The fourth-order valence-electron chi connectivity index (χ4n) is 2.17. The van der Waals surface area contributed by atoms with E-state index < -0.39 is 41.8 Å². The quantitative estimate of drug-likeness (QED) is 0.234. The van der Waals surface area contributed by atoms with Gasteiger partial charge in [-0.1, -0.05) is 23.2 Å². The predicted octanol–water partition coefficient (Wildman–Crippen LogP) is -1.30. The average Bonchev–Trinajstić information content (AvgIpc) is 2.48. The van der Waals surface area contributed by atoms with E-state index in [9.17, 15) is 24.3 Å². The number of carboxylic acids is 1.